The van der Waals surface area contributed by atoms with Crippen LogP contribution in [0.2, 0.25) is 0 Å². The van der Waals surface area contributed by atoms with E-state index < -0.39 is 26.6 Å². The zero-order chi connectivity index (χ0) is 13.2. The predicted octanol–water partition coefficient (Wildman–Crippen LogP) is 1.89. The van der Waals surface area contributed by atoms with E-state index in [0.717, 1.165) is 18.2 Å². The van der Waals surface area contributed by atoms with Gasteiger partial charge in [-0.15, -0.1) is 0 Å². The van der Waals surface area contributed by atoms with Crippen molar-refractivity contribution >= 4 is 26.9 Å². The Morgan fingerprint density at radius 2 is 2.00 bits per heavy atom. The molecule has 0 atom stereocenters. The first-order chi connectivity index (χ1) is 7.74. The molecule has 0 bridgehead atoms. The van der Waals surface area contributed by atoms with Crippen molar-refractivity contribution in [3.05, 3.63) is 29.6 Å². The molecule has 94 valence electrons. The van der Waals surface area contributed by atoms with E-state index in [-0.39, 0.29) is 10.9 Å². The van der Waals surface area contributed by atoms with Gasteiger partial charge < -0.3 is 0 Å². The van der Waals surface area contributed by atoms with Gasteiger partial charge in [0, 0.05) is 6.04 Å². The molecule has 0 saturated carbocycles. The zero-order valence-electron chi connectivity index (χ0n) is 9.20. The number of carbonyl (C=O) groups excluding carboxylic acids is 1. The quantitative estimate of drug-likeness (QED) is 0.856. The van der Waals surface area contributed by atoms with Crippen LogP contribution in [0.25, 0.3) is 0 Å². The Morgan fingerprint density at radius 1 is 1.41 bits per heavy atom. The van der Waals surface area contributed by atoms with Crippen molar-refractivity contribution in [2.75, 3.05) is 0 Å². The molecule has 1 rings (SSSR count). The normalized spacial score (nSPS) is 11.8. The first kappa shape index (κ1) is 14.1. The van der Waals surface area contributed by atoms with E-state index in [1.54, 1.807) is 13.8 Å². The van der Waals surface area contributed by atoms with Crippen LogP contribution in [0.4, 0.5) is 4.39 Å². The standard InChI is InChI=1S/C10H11ClFNO3S/c1-6(2)13-17(15,16)7-3-4-9(12)8(5-7)10(11)14/h3-6,13H,1-2H3. The molecule has 0 fully saturated rings. The van der Waals surface area contributed by atoms with E-state index in [1.165, 1.54) is 0 Å². The molecular formula is C10H11ClFNO3S. The smallest absolute Gasteiger partial charge is 0.255 e. The van der Waals surface area contributed by atoms with E-state index in [0.29, 0.717) is 0 Å². The zero-order valence-corrected chi connectivity index (χ0v) is 10.8. The molecule has 0 aromatic heterocycles. The summed E-state index contributed by atoms with van der Waals surface area (Å²) in [6.07, 6.45) is 0. The Labute approximate surface area is 104 Å². The number of benzene rings is 1. The second-order valence-corrected chi connectivity index (χ2v) is 5.75. The summed E-state index contributed by atoms with van der Waals surface area (Å²) in [6.45, 7) is 3.30. The minimum atomic E-state index is -3.76. The van der Waals surface area contributed by atoms with E-state index in [4.69, 9.17) is 11.6 Å². The maximum absolute atomic E-state index is 13.2. The molecule has 1 aromatic carbocycles. The summed E-state index contributed by atoms with van der Waals surface area (Å²) in [5, 5.41) is -1.04. The molecule has 7 heteroatoms. The lowest BCUT2D eigenvalue weighted by atomic mass is 10.2. The molecule has 4 nitrogen and oxygen atoms in total. The van der Waals surface area contributed by atoms with Gasteiger partial charge in [-0.05, 0) is 43.6 Å². The molecule has 1 aromatic rings. The topological polar surface area (TPSA) is 63.2 Å². The van der Waals surface area contributed by atoms with Crippen molar-refractivity contribution in [2.45, 2.75) is 24.8 Å². The van der Waals surface area contributed by atoms with Gasteiger partial charge in [-0.25, -0.2) is 17.5 Å². The number of hydrogen-bond acceptors (Lipinski definition) is 3. The van der Waals surface area contributed by atoms with Crippen LogP contribution in [0.15, 0.2) is 23.1 Å². The molecule has 1 N–H and O–H groups in total. The van der Waals surface area contributed by atoms with Gasteiger partial charge in [0.05, 0.1) is 10.5 Å². The number of rotatable bonds is 4. The van der Waals surface area contributed by atoms with E-state index in [1.807, 2.05) is 0 Å². The number of carbonyl (C=O) groups is 1. The second-order valence-electron chi connectivity index (χ2n) is 3.69. The van der Waals surface area contributed by atoms with Gasteiger partial charge in [-0.2, -0.15) is 0 Å². The van der Waals surface area contributed by atoms with Gasteiger partial charge in [0.25, 0.3) is 5.24 Å². The van der Waals surface area contributed by atoms with Gasteiger partial charge in [0.15, 0.2) is 0 Å². The van der Waals surface area contributed by atoms with E-state index in [2.05, 4.69) is 4.72 Å². The predicted molar refractivity (Wildman–Crippen MR) is 62.0 cm³/mol. The van der Waals surface area contributed by atoms with Crippen LogP contribution >= 0.6 is 11.6 Å². The van der Waals surface area contributed by atoms with Gasteiger partial charge in [0.1, 0.15) is 5.82 Å². The fourth-order valence-electron chi connectivity index (χ4n) is 1.20. The lowest BCUT2D eigenvalue weighted by molar-refractivity contribution is 0.107. The minimum Gasteiger partial charge on any atom is -0.275 e. The summed E-state index contributed by atoms with van der Waals surface area (Å²) in [7, 11) is -3.76. The van der Waals surface area contributed by atoms with Crippen molar-refractivity contribution in [2.24, 2.45) is 0 Å². The van der Waals surface area contributed by atoms with E-state index in [9.17, 15) is 17.6 Å². The number of nitrogens with one attached hydrogen (secondary N) is 1. The molecule has 0 radical (unpaired) electrons. The Kier molecular flexibility index (Phi) is 4.24. The summed E-state index contributed by atoms with van der Waals surface area (Å²) in [5.74, 6) is -0.853. The second kappa shape index (κ2) is 5.12. The van der Waals surface area contributed by atoms with Crippen molar-refractivity contribution in [1.29, 1.82) is 0 Å². The van der Waals surface area contributed by atoms with Crippen LogP contribution in [-0.4, -0.2) is 19.7 Å². The molecular weight excluding hydrogens is 269 g/mol. The van der Waals surface area contributed by atoms with Gasteiger partial charge >= 0.3 is 0 Å². The largest absolute Gasteiger partial charge is 0.275 e. The summed E-state index contributed by atoms with van der Waals surface area (Å²) < 4.78 is 38.9. The molecule has 0 aliphatic heterocycles. The highest BCUT2D eigenvalue weighted by Crippen LogP contribution is 2.17. The number of halogens is 2. The average Bonchev–Trinajstić information content (AvgIpc) is 2.15. The van der Waals surface area contributed by atoms with Crippen LogP contribution in [0.5, 0.6) is 0 Å². The highest BCUT2D eigenvalue weighted by molar-refractivity contribution is 7.89. The minimum absolute atomic E-state index is 0.198. The van der Waals surface area contributed by atoms with Gasteiger partial charge in [-0.1, -0.05) is 0 Å². The Bertz CT molecular complexity index is 542. The monoisotopic (exact) mass is 279 g/mol. The van der Waals surface area contributed by atoms with Crippen molar-refractivity contribution in [3.63, 3.8) is 0 Å². The lowest BCUT2D eigenvalue weighted by Crippen LogP contribution is -2.30. The lowest BCUT2D eigenvalue weighted by Gasteiger charge is -2.10. The fraction of sp³-hybridized carbons (Fsp3) is 0.300. The van der Waals surface area contributed by atoms with Crippen molar-refractivity contribution in [1.82, 2.24) is 4.72 Å². The highest BCUT2D eigenvalue weighted by Gasteiger charge is 2.19. The highest BCUT2D eigenvalue weighted by atomic mass is 35.5. The first-order valence-electron chi connectivity index (χ1n) is 4.76. The van der Waals surface area contributed by atoms with Gasteiger partial charge in [0.2, 0.25) is 10.0 Å². The van der Waals surface area contributed by atoms with Crippen molar-refractivity contribution in [3.8, 4) is 0 Å². The first-order valence-corrected chi connectivity index (χ1v) is 6.62. The summed E-state index contributed by atoms with van der Waals surface area (Å²) in [4.78, 5) is 10.7. The van der Waals surface area contributed by atoms with Crippen LogP contribution in [-0.2, 0) is 10.0 Å². The molecule has 0 heterocycles. The van der Waals surface area contributed by atoms with Crippen LogP contribution in [0.1, 0.15) is 24.2 Å². The number of sulfonamides is 1. The third-order valence-electron chi connectivity index (χ3n) is 1.85. The summed E-state index contributed by atoms with van der Waals surface area (Å²) in [6, 6.07) is 2.57. The van der Waals surface area contributed by atoms with E-state index >= 15 is 0 Å². The maximum Gasteiger partial charge on any atom is 0.255 e. The summed E-state index contributed by atoms with van der Waals surface area (Å²) >= 11 is 5.14. The SMILES string of the molecule is CC(C)NS(=O)(=O)c1ccc(F)c(C(=O)Cl)c1. The Morgan fingerprint density at radius 3 is 2.47 bits per heavy atom. The van der Waals surface area contributed by atoms with Crippen molar-refractivity contribution < 1.29 is 17.6 Å². The van der Waals surface area contributed by atoms with Gasteiger partial charge in [-0.3, -0.25) is 4.79 Å². The average molecular weight is 280 g/mol. The third-order valence-corrected chi connectivity index (χ3v) is 3.71. The van der Waals surface area contributed by atoms with Crippen LogP contribution in [0, 0.1) is 5.82 Å². The third kappa shape index (κ3) is 3.49. The molecule has 0 aliphatic carbocycles. The molecule has 0 saturated heterocycles. The summed E-state index contributed by atoms with van der Waals surface area (Å²) in [5.41, 5.74) is -0.460. The Balaban J connectivity index is 3.25. The molecule has 17 heavy (non-hydrogen) atoms. The molecule has 0 amide bonds. The van der Waals surface area contributed by atoms with Crippen LogP contribution in [0.3, 0.4) is 0 Å². The molecule has 0 unspecified atom stereocenters. The Hall–Kier alpha value is -0.980. The molecule has 0 spiro atoms. The fourth-order valence-corrected chi connectivity index (χ4v) is 2.62. The maximum atomic E-state index is 13.2. The van der Waals surface area contributed by atoms with Crippen LogP contribution < -0.4 is 4.72 Å². The molecule has 0 aliphatic rings. The number of hydrogen-bond donors (Lipinski definition) is 1.